The highest BCUT2D eigenvalue weighted by molar-refractivity contribution is 5.23. The molecule has 0 heterocycles. The number of benzene rings is 1. The van der Waals surface area contributed by atoms with Gasteiger partial charge in [-0.05, 0) is 43.4 Å². The minimum Gasteiger partial charge on any atom is -0.385 e. The molecule has 16 heavy (non-hydrogen) atoms. The third-order valence-electron chi connectivity index (χ3n) is 3.83. The van der Waals surface area contributed by atoms with Crippen molar-refractivity contribution in [3.8, 4) is 0 Å². The second-order valence-electron chi connectivity index (χ2n) is 4.99. The third kappa shape index (κ3) is 2.27. The zero-order valence-electron chi connectivity index (χ0n) is 9.75. The Morgan fingerprint density at radius 2 is 1.69 bits per heavy atom. The summed E-state index contributed by atoms with van der Waals surface area (Å²) < 4.78 is 12.8. The lowest BCUT2D eigenvalue weighted by molar-refractivity contribution is -0.0215. The molecule has 1 fully saturated rings. The molecule has 0 radical (unpaired) electrons. The number of aliphatic hydroxyl groups is 1. The Morgan fingerprint density at radius 1 is 1.12 bits per heavy atom. The first-order valence-corrected chi connectivity index (χ1v) is 6.09. The first-order valence-electron chi connectivity index (χ1n) is 6.09. The number of halogens is 1. The molecule has 1 aliphatic rings. The van der Waals surface area contributed by atoms with E-state index >= 15 is 0 Å². The van der Waals surface area contributed by atoms with E-state index < -0.39 is 5.60 Å². The second kappa shape index (κ2) is 4.54. The Labute approximate surface area is 96.3 Å². The molecule has 0 bridgehead atoms. The summed E-state index contributed by atoms with van der Waals surface area (Å²) in [6.07, 6.45) is 5.81. The first-order chi connectivity index (χ1) is 7.60. The van der Waals surface area contributed by atoms with Gasteiger partial charge in [-0.1, -0.05) is 31.4 Å². The molecular weight excluding hydrogens is 203 g/mol. The van der Waals surface area contributed by atoms with Gasteiger partial charge in [0.05, 0.1) is 5.60 Å². The average molecular weight is 222 g/mol. The molecule has 1 nitrogen and oxygen atoms in total. The number of hydrogen-bond donors (Lipinski definition) is 1. The maximum Gasteiger partial charge on any atom is 0.123 e. The van der Waals surface area contributed by atoms with Crippen LogP contribution in [0.4, 0.5) is 4.39 Å². The van der Waals surface area contributed by atoms with Crippen LogP contribution < -0.4 is 0 Å². The van der Waals surface area contributed by atoms with Gasteiger partial charge < -0.3 is 5.11 Å². The van der Waals surface area contributed by atoms with Crippen LogP contribution in [0.1, 0.15) is 44.6 Å². The summed E-state index contributed by atoms with van der Waals surface area (Å²) >= 11 is 0. The van der Waals surface area contributed by atoms with Crippen LogP contribution in [-0.4, -0.2) is 5.11 Å². The summed E-state index contributed by atoms with van der Waals surface area (Å²) in [7, 11) is 0. The van der Waals surface area contributed by atoms with E-state index in [2.05, 4.69) is 0 Å². The molecule has 0 aliphatic heterocycles. The lowest BCUT2D eigenvalue weighted by Crippen LogP contribution is -2.33. The van der Waals surface area contributed by atoms with Gasteiger partial charge in [-0.15, -0.1) is 0 Å². The van der Waals surface area contributed by atoms with Crippen molar-refractivity contribution < 1.29 is 9.50 Å². The van der Waals surface area contributed by atoms with Crippen LogP contribution in [-0.2, 0) is 5.60 Å². The fraction of sp³-hybridized carbons (Fsp3) is 0.571. The molecule has 2 rings (SSSR count). The van der Waals surface area contributed by atoms with Gasteiger partial charge in [0, 0.05) is 0 Å². The van der Waals surface area contributed by atoms with E-state index in [9.17, 15) is 9.50 Å². The lowest BCUT2D eigenvalue weighted by Gasteiger charge is -2.36. The molecule has 1 N–H and O–H groups in total. The fourth-order valence-electron chi connectivity index (χ4n) is 2.69. The van der Waals surface area contributed by atoms with E-state index in [4.69, 9.17) is 0 Å². The number of rotatable bonds is 2. The molecule has 1 saturated carbocycles. The van der Waals surface area contributed by atoms with Crippen LogP contribution in [0.15, 0.2) is 24.3 Å². The monoisotopic (exact) mass is 222 g/mol. The Morgan fingerprint density at radius 3 is 2.25 bits per heavy atom. The predicted molar refractivity (Wildman–Crippen MR) is 62.5 cm³/mol. The highest BCUT2D eigenvalue weighted by Crippen LogP contribution is 2.38. The Balaban J connectivity index is 2.19. The standard InChI is InChI=1S/C14H19FO/c1-14(16,11-5-3-2-4-6-11)12-7-9-13(15)10-8-12/h7-11,16H,2-6H2,1H3. The zero-order valence-corrected chi connectivity index (χ0v) is 9.75. The molecule has 1 atom stereocenters. The van der Waals surface area contributed by atoms with Gasteiger partial charge in [-0.3, -0.25) is 0 Å². The summed E-state index contributed by atoms with van der Waals surface area (Å²) in [5.74, 6) is 0.0647. The van der Waals surface area contributed by atoms with Gasteiger partial charge >= 0.3 is 0 Å². The third-order valence-corrected chi connectivity index (χ3v) is 3.83. The largest absolute Gasteiger partial charge is 0.385 e. The van der Waals surface area contributed by atoms with Gasteiger partial charge in [0.2, 0.25) is 0 Å². The topological polar surface area (TPSA) is 20.2 Å². The highest BCUT2D eigenvalue weighted by atomic mass is 19.1. The Bertz CT molecular complexity index is 336. The molecule has 0 saturated heterocycles. The minimum absolute atomic E-state index is 0.247. The van der Waals surface area contributed by atoms with E-state index in [0.717, 1.165) is 18.4 Å². The Hall–Kier alpha value is -0.890. The van der Waals surface area contributed by atoms with Crippen molar-refractivity contribution in [2.45, 2.75) is 44.6 Å². The van der Waals surface area contributed by atoms with Gasteiger partial charge in [0.15, 0.2) is 0 Å². The van der Waals surface area contributed by atoms with Gasteiger partial charge in [0.25, 0.3) is 0 Å². The number of hydrogen-bond acceptors (Lipinski definition) is 1. The molecule has 2 heteroatoms. The predicted octanol–water partition coefficient (Wildman–Crippen LogP) is 3.61. The maximum absolute atomic E-state index is 12.8. The summed E-state index contributed by atoms with van der Waals surface area (Å²) in [6.45, 7) is 1.86. The van der Waals surface area contributed by atoms with Crippen molar-refractivity contribution >= 4 is 0 Å². The van der Waals surface area contributed by atoms with E-state index in [1.165, 1.54) is 31.4 Å². The van der Waals surface area contributed by atoms with Crippen molar-refractivity contribution in [1.82, 2.24) is 0 Å². The van der Waals surface area contributed by atoms with Crippen LogP contribution in [0.3, 0.4) is 0 Å². The van der Waals surface area contributed by atoms with Crippen LogP contribution in [0, 0.1) is 11.7 Å². The highest BCUT2D eigenvalue weighted by Gasteiger charge is 2.34. The van der Waals surface area contributed by atoms with Crippen molar-refractivity contribution in [2.24, 2.45) is 5.92 Å². The molecule has 0 aromatic heterocycles. The maximum atomic E-state index is 12.8. The molecule has 0 amide bonds. The van der Waals surface area contributed by atoms with Crippen molar-refractivity contribution in [3.05, 3.63) is 35.6 Å². The molecule has 1 unspecified atom stereocenters. The smallest absolute Gasteiger partial charge is 0.123 e. The van der Waals surface area contributed by atoms with Crippen LogP contribution in [0.25, 0.3) is 0 Å². The zero-order chi connectivity index (χ0) is 11.6. The van der Waals surface area contributed by atoms with E-state index in [1.54, 1.807) is 12.1 Å². The molecule has 1 aliphatic carbocycles. The SMILES string of the molecule is CC(O)(c1ccc(F)cc1)C1CCCCC1. The van der Waals surface area contributed by atoms with Crippen LogP contribution >= 0.6 is 0 Å². The van der Waals surface area contributed by atoms with Gasteiger partial charge in [-0.2, -0.15) is 0 Å². The molecule has 1 aromatic rings. The summed E-state index contributed by atoms with van der Waals surface area (Å²) in [6, 6.07) is 6.24. The van der Waals surface area contributed by atoms with E-state index in [-0.39, 0.29) is 5.82 Å². The summed E-state index contributed by atoms with van der Waals surface area (Å²) in [4.78, 5) is 0. The van der Waals surface area contributed by atoms with E-state index in [0.29, 0.717) is 5.92 Å². The normalized spacial score (nSPS) is 21.7. The fourth-order valence-corrected chi connectivity index (χ4v) is 2.69. The van der Waals surface area contributed by atoms with Gasteiger partial charge in [-0.25, -0.2) is 4.39 Å². The van der Waals surface area contributed by atoms with E-state index in [1.807, 2.05) is 6.92 Å². The van der Waals surface area contributed by atoms with Crippen molar-refractivity contribution in [2.75, 3.05) is 0 Å². The molecule has 88 valence electrons. The molecule has 1 aromatic carbocycles. The minimum atomic E-state index is -0.811. The summed E-state index contributed by atoms with van der Waals surface area (Å²) in [5.41, 5.74) is 0.0227. The molecular formula is C14H19FO. The Kier molecular flexibility index (Phi) is 3.29. The average Bonchev–Trinajstić information content (AvgIpc) is 2.31. The summed E-state index contributed by atoms with van der Waals surface area (Å²) in [5, 5.41) is 10.6. The quantitative estimate of drug-likeness (QED) is 0.810. The first kappa shape index (κ1) is 11.6. The van der Waals surface area contributed by atoms with Crippen molar-refractivity contribution in [3.63, 3.8) is 0 Å². The van der Waals surface area contributed by atoms with Crippen LogP contribution in [0.5, 0.6) is 0 Å². The lowest BCUT2D eigenvalue weighted by atomic mass is 9.74. The molecule has 0 spiro atoms. The van der Waals surface area contributed by atoms with Crippen molar-refractivity contribution in [1.29, 1.82) is 0 Å². The van der Waals surface area contributed by atoms with Gasteiger partial charge in [0.1, 0.15) is 5.82 Å². The second-order valence-corrected chi connectivity index (χ2v) is 4.99. The van der Waals surface area contributed by atoms with Crippen LogP contribution in [0.2, 0.25) is 0 Å².